The van der Waals surface area contributed by atoms with Gasteiger partial charge in [-0.1, -0.05) is 0 Å². The largest absolute Gasteiger partial charge is 0.342 e. The Kier molecular flexibility index (Phi) is 4.49. The van der Waals surface area contributed by atoms with E-state index in [1.54, 1.807) is 4.90 Å². The molecule has 1 rings (SSSR count). The van der Waals surface area contributed by atoms with Crippen LogP contribution in [0.25, 0.3) is 0 Å². The Bertz CT molecular complexity index is 339. The van der Waals surface area contributed by atoms with E-state index in [2.05, 4.69) is 15.5 Å². The average Bonchev–Trinajstić information content (AvgIpc) is 2.58. The van der Waals surface area contributed by atoms with Gasteiger partial charge in [-0.15, -0.1) is 0 Å². The van der Waals surface area contributed by atoms with Crippen molar-refractivity contribution < 1.29 is 4.79 Å². The molecule has 1 aromatic rings. The third-order valence-corrected chi connectivity index (χ3v) is 2.61. The monoisotopic (exact) mass is 224 g/mol. The number of nitrogens with zero attached hydrogens (tertiary/aromatic N) is 2. The molecule has 0 spiro atoms. The Morgan fingerprint density at radius 2 is 2.19 bits per heavy atom. The van der Waals surface area contributed by atoms with Crippen LogP contribution in [0.2, 0.25) is 0 Å². The molecule has 0 aromatic carbocycles. The van der Waals surface area contributed by atoms with Crippen LogP contribution in [0.3, 0.4) is 0 Å². The van der Waals surface area contributed by atoms with Gasteiger partial charge in [0.15, 0.2) is 0 Å². The molecule has 0 fully saturated rings. The van der Waals surface area contributed by atoms with Gasteiger partial charge in [-0.25, -0.2) is 0 Å². The lowest BCUT2D eigenvalue weighted by atomic mass is 10.1. The first-order valence-electron chi connectivity index (χ1n) is 5.49. The summed E-state index contributed by atoms with van der Waals surface area (Å²) >= 11 is 0. The van der Waals surface area contributed by atoms with Crippen molar-refractivity contribution in [3.63, 3.8) is 0 Å². The molecule has 16 heavy (non-hydrogen) atoms. The maximum absolute atomic E-state index is 12.1. The number of H-pyrrole nitrogens is 1. The Morgan fingerprint density at radius 1 is 1.50 bits per heavy atom. The first-order valence-corrected chi connectivity index (χ1v) is 5.49. The Morgan fingerprint density at radius 3 is 2.69 bits per heavy atom. The molecular formula is C11H20N4O. The number of carbonyl (C=O) groups is 1. The molecule has 0 bridgehead atoms. The standard InChI is InChI=1S/C11H20N4O/c1-8-10(9(2)14-13-8)11(16)15(4)7-5-6-12-3/h12H,5-7H2,1-4H3,(H,13,14). The van der Waals surface area contributed by atoms with E-state index in [1.807, 2.05) is 27.9 Å². The fraction of sp³-hybridized carbons (Fsp3) is 0.636. The highest BCUT2D eigenvalue weighted by atomic mass is 16.2. The van der Waals surface area contributed by atoms with Crippen LogP contribution in [0.15, 0.2) is 0 Å². The Balaban J connectivity index is 2.63. The lowest BCUT2D eigenvalue weighted by Crippen LogP contribution is -2.30. The maximum atomic E-state index is 12.1. The van der Waals surface area contributed by atoms with E-state index in [0.717, 1.165) is 30.9 Å². The van der Waals surface area contributed by atoms with Crippen molar-refractivity contribution in [1.29, 1.82) is 0 Å². The lowest BCUT2D eigenvalue weighted by molar-refractivity contribution is 0.0792. The minimum absolute atomic E-state index is 0.0415. The molecule has 5 nitrogen and oxygen atoms in total. The summed E-state index contributed by atoms with van der Waals surface area (Å²) in [6, 6.07) is 0. The van der Waals surface area contributed by atoms with Crippen LogP contribution in [0.1, 0.15) is 28.2 Å². The number of aromatic amines is 1. The first-order chi connectivity index (χ1) is 7.57. The Hall–Kier alpha value is -1.36. The number of aromatic nitrogens is 2. The van der Waals surface area contributed by atoms with E-state index in [-0.39, 0.29) is 5.91 Å². The van der Waals surface area contributed by atoms with Crippen LogP contribution < -0.4 is 5.32 Å². The van der Waals surface area contributed by atoms with Crippen molar-refractivity contribution in [1.82, 2.24) is 20.4 Å². The van der Waals surface area contributed by atoms with Crippen molar-refractivity contribution >= 4 is 5.91 Å². The van der Waals surface area contributed by atoms with Crippen LogP contribution in [0, 0.1) is 13.8 Å². The van der Waals surface area contributed by atoms with E-state index in [1.165, 1.54) is 0 Å². The second-order valence-corrected chi connectivity index (χ2v) is 3.99. The summed E-state index contributed by atoms with van der Waals surface area (Å²) in [5, 5.41) is 9.92. The average molecular weight is 224 g/mol. The van der Waals surface area contributed by atoms with Crippen molar-refractivity contribution in [2.24, 2.45) is 0 Å². The number of amides is 1. The molecule has 1 amide bonds. The van der Waals surface area contributed by atoms with Gasteiger partial charge < -0.3 is 10.2 Å². The summed E-state index contributed by atoms with van der Waals surface area (Å²) < 4.78 is 0. The highest BCUT2D eigenvalue weighted by Crippen LogP contribution is 2.11. The molecule has 0 saturated carbocycles. The fourth-order valence-corrected chi connectivity index (χ4v) is 1.65. The number of nitrogens with one attached hydrogen (secondary N) is 2. The zero-order chi connectivity index (χ0) is 12.1. The highest BCUT2D eigenvalue weighted by Gasteiger charge is 2.18. The normalized spacial score (nSPS) is 10.5. The van der Waals surface area contributed by atoms with E-state index in [9.17, 15) is 4.79 Å². The molecular weight excluding hydrogens is 204 g/mol. The van der Waals surface area contributed by atoms with Gasteiger partial charge in [-0.3, -0.25) is 9.89 Å². The molecule has 2 N–H and O–H groups in total. The summed E-state index contributed by atoms with van der Waals surface area (Å²) in [6.45, 7) is 5.39. The van der Waals surface area contributed by atoms with Gasteiger partial charge in [0.2, 0.25) is 0 Å². The van der Waals surface area contributed by atoms with E-state index < -0.39 is 0 Å². The van der Waals surface area contributed by atoms with Gasteiger partial charge in [0.25, 0.3) is 5.91 Å². The van der Waals surface area contributed by atoms with Crippen LogP contribution in [0.5, 0.6) is 0 Å². The lowest BCUT2D eigenvalue weighted by Gasteiger charge is -2.17. The topological polar surface area (TPSA) is 61.0 Å². The minimum atomic E-state index is 0.0415. The van der Waals surface area contributed by atoms with Gasteiger partial charge in [-0.05, 0) is 33.9 Å². The minimum Gasteiger partial charge on any atom is -0.342 e. The second kappa shape index (κ2) is 5.65. The van der Waals surface area contributed by atoms with Crippen LogP contribution in [0.4, 0.5) is 0 Å². The summed E-state index contributed by atoms with van der Waals surface area (Å²) in [6.07, 6.45) is 0.953. The summed E-state index contributed by atoms with van der Waals surface area (Å²) in [4.78, 5) is 13.8. The molecule has 0 aliphatic rings. The SMILES string of the molecule is CNCCCN(C)C(=O)c1c(C)n[nH]c1C. The molecule has 0 saturated heterocycles. The van der Waals surface area contributed by atoms with Crippen LogP contribution in [-0.2, 0) is 0 Å². The van der Waals surface area contributed by atoms with Crippen molar-refractivity contribution in [3.05, 3.63) is 17.0 Å². The first kappa shape index (κ1) is 12.7. The number of carbonyl (C=O) groups excluding carboxylic acids is 1. The number of hydrogen-bond donors (Lipinski definition) is 2. The molecule has 0 unspecified atom stereocenters. The summed E-state index contributed by atoms with van der Waals surface area (Å²) in [5.74, 6) is 0.0415. The van der Waals surface area contributed by atoms with Gasteiger partial charge in [-0.2, -0.15) is 5.10 Å². The highest BCUT2D eigenvalue weighted by molar-refractivity contribution is 5.96. The van der Waals surface area contributed by atoms with E-state index in [0.29, 0.717) is 5.56 Å². The van der Waals surface area contributed by atoms with Gasteiger partial charge >= 0.3 is 0 Å². The predicted molar refractivity (Wildman–Crippen MR) is 63.6 cm³/mol. The van der Waals surface area contributed by atoms with Crippen molar-refractivity contribution in [3.8, 4) is 0 Å². The molecule has 1 heterocycles. The Labute approximate surface area is 96.2 Å². The molecule has 0 aliphatic carbocycles. The number of rotatable bonds is 5. The number of aryl methyl sites for hydroxylation is 2. The van der Waals surface area contributed by atoms with Crippen LogP contribution in [-0.4, -0.2) is 48.2 Å². The molecule has 0 aliphatic heterocycles. The molecule has 0 radical (unpaired) electrons. The second-order valence-electron chi connectivity index (χ2n) is 3.99. The fourth-order valence-electron chi connectivity index (χ4n) is 1.65. The van der Waals surface area contributed by atoms with Crippen LogP contribution >= 0.6 is 0 Å². The predicted octanol–water partition coefficient (Wildman–Crippen LogP) is 0.708. The molecule has 90 valence electrons. The molecule has 1 aromatic heterocycles. The quantitative estimate of drug-likeness (QED) is 0.724. The third-order valence-electron chi connectivity index (χ3n) is 2.61. The van der Waals surface area contributed by atoms with Gasteiger partial charge in [0.1, 0.15) is 0 Å². The molecule has 5 heteroatoms. The summed E-state index contributed by atoms with van der Waals surface area (Å²) in [5.41, 5.74) is 2.30. The van der Waals surface area contributed by atoms with E-state index >= 15 is 0 Å². The zero-order valence-electron chi connectivity index (χ0n) is 10.4. The van der Waals surface area contributed by atoms with Gasteiger partial charge in [0.05, 0.1) is 11.3 Å². The maximum Gasteiger partial charge on any atom is 0.257 e. The van der Waals surface area contributed by atoms with E-state index in [4.69, 9.17) is 0 Å². The zero-order valence-corrected chi connectivity index (χ0v) is 10.4. The van der Waals surface area contributed by atoms with Crippen molar-refractivity contribution in [2.45, 2.75) is 20.3 Å². The number of hydrogen-bond acceptors (Lipinski definition) is 3. The summed E-state index contributed by atoms with van der Waals surface area (Å²) in [7, 11) is 3.73. The third kappa shape index (κ3) is 2.82. The van der Waals surface area contributed by atoms with Crippen molar-refractivity contribution in [2.75, 3.05) is 27.2 Å². The van der Waals surface area contributed by atoms with Gasteiger partial charge in [0, 0.05) is 19.3 Å². The smallest absolute Gasteiger partial charge is 0.257 e. The molecule has 0 atom stereocenters.